The summed E-state index contributed by atoms with van der Waals surface area (Å²) in [6.07, 6.45) is 0. The van der Waals surface area contributed by atoms with Crippen LogP contribution >= 0.6 is 0 Å². The number of nitrogens with zero attached hydrogens (tertiary/aromatic N) is 1. The lowest BCUT2D eigenvalue weighted by molar-refractivity contribution is 0.186. The average Bonchev–Trinajstić information content (AvgIpc) is 2.06. The van der Waals surface area contributed by atoms with Gasteiger partial charge in [0.05, 0.1) is 6.61 Å². The summed E-state index contributed by atoms with van der Waals surface area (Å²) in [5, 5.41) is 12.1. The molecule has 0 saturated carbocycles. The second-order valence-corrected chi connectivity index (χ2v) is 2.83. The molecule has 1 aliphatic heterocycles. The van der Waals surface area contributed by atoms with E-state index in [2.05, 4.69) is 10.1 Å². The number of nitrogens with one attached hydrogen (secondary N) is 1. The lowest BCUT2D eigenvalue weighted by Crippen LogP contribution is -2.53. The first-order valence-corrected chi connectivity index (χ1v) is 3.92. The van der Waals surface area contributed by atoms with Crippen molar-refractivity contribution in [2.45, 2.75) is 6.04 Å². The van der Waals surface area contributed by atoms with Gasteiger partial charge in [-0.15, -0.1) is 0 Å². The van der Waals surface area contributed by atoms with E-state index >= 15 is 0 Å². The number of aliphatic hydroxyl groups excluding tert-OH is 1. The van der Waals surface area contributed by atoms with Gasteiger partial charge < -0.3 is 19.9 Å². The molecule has 64 valence electrons. The van der Waals surface area contributed by atoms with E-state index in [4.69, 9.17) is 9.76 Å². The number of piperazine rings is 1. The van der Waals surface area contributed by atoms with Crippen molar-refractivity contribution in [3.63, 3.8) is 0 Å². The molecular formula is C6H15BN2O2. The van der Waals surface area contributed by atoms with E-state index in [1.807, 2.05) is 0 Å². The minimum Gasteiger partial charge on any atom is -0.427 e. The Bertz CT molecular complexity index is 113. The summed E-state index contributed by atoms with van der Waals surface area (Å²) in [6.45, 7) is 3.03. The van der Waals surface area contributed by atoms with Crippen molar-refractivity contribution >= 4 is 7.62 Å². The molecule has 1 rings (SSSR count). The molecule has 0 spiro atoms. The molecule has 0 aromatic rings. The van der Waals surface area contributed by atoms with Crippen LogP contribution in [0.25, 0.3) is 0 Å². The van der Waals surface area contributed by atoms with Gasteiger partial charge in [-0.3, -0.25) is 0 Å². The van der Waals surface area contributed by atoms with Crippen molar-refractivity contribution < 1.29 is 9.76 Å². The molecule has 0 radical (unpaired) electrons. The summed E-state index contributed by atoms with van der Waals surface area (Å²) in [4.78, 5) is 2.18. The third kappa shape index (κ3) is 2.79. The van der Waals surface area contributed by atoms with Crippen LogP contribution in [-0.4, -0.2) is 56.9 Å². The Morgan fingerprint density at radius 1 is 1.82 bits per heavy atom. The van der Waals surface area contributed by atoms with Gasteiger partial charge in [0.1, 0.15) is 0 Å². The zero-order chi connectivity index (χ0) is 8.10. The molecule has 0 aliphatic carbocycles. The minimum atomic E-state index is 0.209. The van der Waals surface area contributed by atoms with Crippen LogP contribution in [-0.2, 0) is 4.65 Å². The van der Waals surface area contributed by atoms with Crippen LogP contribution < -0.4 is 5.32 Å². The maximum Gasteiger partial charge on any atom is 0.363 e. The Balaban J connectivity index is 2.21. The lowest BCUT2D eigenvalue weighted by atomic mass is 10.1. The fourth-order valence-corrected chi connectivity index (χ4v) is 1.32. The molecule has 4 nitrogen and oxygen atoms in total. The van der Waals surface area contributed by atoms with Crippen molar-refractivity contribution in [1.29, 1.82) is 0 Å². The molecule has 1 aliphatic rings. The van der Waals surface area contributed by atoms with Crippen LogP contribution in [0.2, 0.25) is 0 Å². The molecule has 2 N–H and O–H groups in total. The maximum absolute atomic E-state index is 8.85. The Kier molecular flexibility index (Phi) is 3.86. The van der Waals surface area contributed by atoms with Gasteiger partial charge in [0.15, 0.2) is 0 Å². The standard InChI is InChI=1S/C6H15BN2O2/c1-11-7-9-3-2-8-6(4-9)5-10/h6-8,10H,2-5H2,1H3. The van der Waals surface area contributed by atoms with Crippen molar-refractivity contribution in [1.82, 2.24) is 10.1 Å². The molecule has 11 heavy (non-hydrogen) atoms. The zero-order valence-corrected chi connectivity index (χ0v) is 6.92. The van der Waals surface area contributed by atoms with E-state index in [-0.39, 0.29) is 12.6 Å². The fourth-order valence-electron chi connectivity index (χ4n) is 1.32. The lowest BCUT2D eigenvalue weighted by Gasteiger charge is -2.31. The summed E-state index contributed by atoms with van der Waals surface area (Å²) in [5.74, 6) is 0. The highest BCUT2D eigenvalue weighted by atomic mass is 16.4. The average molecular weight is 158 g/mol. The summed E-state index contributed by atoms with van der Waals surface area (Å²) >= 11 is 0. The smallest absolute Gasteiger partial charge is 0.363 e. The van der Waals surface area contributed by atoms with E-state index in [0.29, 0.717) is 7.62 Å². The van der Waals surface area contributed by atoms with Crippen LogP contribution in [0.3, 0.4) is 0 Å². The van der Waals surface area contributed by atoms with E-state index in [9.17, 15) is 0 Å². The highest BCUT2D eigenvalue weighted by Gasteiger charge is 2.18. The first kappa shape index (κ1) is 9.00. The van der Waals surface area contributed by atoms with Crippen LogP contribution in [0.4, 0.5) is 0 Å². The first-order valence-electron chi connectivity index (χ1n) is 3.92. The van der Waals surface area contributed by atoms with E-state index < -0.39 is 0 Å². The van der Waals surface area contributed by atoms with Crippen molar-refractivity contribution in [3.8, 4) is 0 Å². The summed E-state index contributed by atoms with van der Waals surface area (Å²) in [5.41, 5.74) is 0. The van der Waals surface area contributed by atoms with Gasteiger partial charge in [-0.25, -0.2) is 0 Å². The fraction of sp³-hybridized carbons (Fsp3) is 1.00. The van der Waals surface area contributed by atoms with E-state index in [0.717, 1.165) is 19.6 Å². The molecule has 5 heteroatoms. The Morgan fingerprint density at radius 2 is 2.64 bits per heavy atom. The van der Waals surface area contributed by atoms with Crippen molar-refractivity contribution in [2.75, 3.05) is 33.4 Å². The Morgan fingerprint density at radius 3 is 3.27 bits per heavy atom. The Labute approximate surface area is 67.8 Å². The van der Waals surface area contributed by atoms with E-state index in [1.165, 1.54) is 0 Å². The molecule has 1 saturated heterocycles. The van der Waals surface area contributed by atoms with Crippen LogP contribution in [0.15, 0.2) is 0 Å². The van der Waals surface area contributed by atoms with Crippen LogP contribution in [0.1, 0.15) is 0 Å². The normalized spacial score (nSPS) is 26.9. The summed E-state index contributed by atoms with van der Waals surface area (Å²) in [6, 6.07) is 0.221. The highest BCUT2D eigenvalue weighted by molar-refractivity contribution is 6.23. The molecule has 1 heterocycles. The molecular weight excluding hydrogens is 143 g/mol. The summed E-state index contributed by atoms with van der Waals surface area (Å²) < 4.78 is 4.99. The molecule has 0 aromatic heterocycles. The number of aliphatic hydroxyl groups is 1. The highest BCUT2D eigenvalue weighted by Crippen LogP contribution is 1.95. The van der Waals surface area contributed by atoms with Gasteiger partial charge in [0.2, 0.25) is 0 Å². The summed E-state index contributed by atoms with van der Waals surface area (Å²) in [7, 11) is 2.36. The third-order valence-electron chi connectivity index (χ3n) is 1.87. The second kappa shape index (κ2) is 4.72. The van der Waals surface area contributed by atoms with Crippen molar-refractivity contribution in [2.24, 2.45) is 0 Å². The van der Waals surface area contributed by atoms with Crippen LogP contribution in [0.5, 0.6) is 0 Å². The molecule has 1 fully saturated rings. The Hall–Kier alpha value is -0.0951. The number of hydrogen-bond acceptors (Lipinski definition) is 4. The van der Waals surface area contributed by atoms with Gasteiger partial charge in [0, 0.05) is 32.8 Å². The van der Waals surface area contributed by atoms with E-state index in [1.54, 1.807) is 7.11 Å². The van der Waals surface area contributed by atoms with Crippen molar-refractivity contribution in [3.05, 3.63) is 0 Å². The van der Waals surface area contributed by atoms with Crippen LogP contribution in [0, 0.1) is 0 Å². The van der Waals surface area contributed by atoms with Gasteiger partial charge in [-0.2, -0.15) is 0 Å². The third-order valence-corrected chi connectivity index (χ3v) is 1.87. The molecule has 1 unspecified atom stereocenters. The SMILES string of the molecule is COBN1CCNC(CO)C1. The maximum atomic E-state index is 8.85. The predicted molar refractivity (Wildman–Crippen MR) is 44.6 cm³/mol. The second-order valence-electron chi connectivity index (χ2n) is 2.83. The molecule has 0 amide bonds. The monoisotopic (exact) mass is 158 g/mol. The molecule has 0 bridgehead atoms. The largest absolute Gasteiger partial charge is 0.427 e. The van der Waals surface area contributed by atoms with Gasteiger partial charge in [-0.05, 0) is 0 Å². The number of hydrogen-bond donors (Lipinski definition) is 2. The van der Waals surface area contributed by atoms with Gasteiger partial charge in [0.25, 0.3) is 0 Å². The number of rotatable bonds is 3. The zero-order valence-electron chi connectivity index (χ0n) is 6.92. The van der Waals surface area contributed by atoms with Gasteiger partial charge >= 0.3 is 7.62 Å². The predicted octanol–water partition coefficient (Wildman–Crippen LogP) is -1.83. The quantitative estimate of drug-likeness (QED) is 0.474. The molecule has 0 aromatic carbocycles. The first-order chi connectivity index (χ1) is 5.36. The van der Waals surface area contributed by atoms with Gasteiger partial charge in [-0.1, -0.05) is 0 Å². The minimum absolute atomic E-state index is 0.209. The molecule has 1 atom stereocenters. The topological polar surface area (TPSA) is 44.7 Å².